The van der Waals surface area contributed by atoms with E-state index in [1.54, 1.807) is 12.1 Å². The molecular formula is C15H16FN3O3S. The second-order valence-electron chi connectivity index (χ2n) is 5.16. The Balaban J connectivity index is 1.54. The number of hydrogen-bond acceptors (Lipinski definition) is 6. The zero-order chi connectivity index (χ0) is 16.1. The molecule has 0 bridgehead atoms. The van der Waals surface area contributed by atoms with Gasteiger partial charge in [-0.05, 0) is 25.0 Å². The van der Waals surface area contributed by atoms with Gasteiger partial charge in [-0.25, -0.2) is 4.39 Å². The SMILES string of the molecule is O=C(COc1nsnc1-c1cccc(F)c1)NCC1CCCO1. The third-order valence-corrected chi connectivity index (χ3v) is 3.96. The minimum atomic E-state index is -0.365. The van der Waals surface area contributed by atoms with Crippen LogP contribution in [0.1, 0.15) is 12.8 Å². The summed E-state index contributed by atoms with van der Waals surface area (Å²) in [4.78, 5) is 11.8. The number of aromatic nitrogens is 2. The van der Waals surface area contributed by atoms with Crippen molar-refractivity contribution in [3.8, 4) is 17.1 Å². The highest BCUT2D eigenvalue weighted by Crippen LogP contribution is 2.28. The molecule has 0 spiro atoms. The molecule has 2 aromatic rings. The molecule has 0 radical (unpaired) electrons. The van der Waals surface area contributed by atoms with E-state index in [9.17, 15) is 9.18 Å². The van der Waals surface area contributed by atoms with Crippen LogP contribution >= 0.6 is 11.7 Å². The Kier molecular flexibility index (Phi) is 5.14. The van der Waals surface area contributed by atoms with Crippen LogP contribution in [0.5, 0.6) is 5.88 Å². The van der Waals surface area contributed by atoms with Gasteiger partial charge >= 0.3 is 0 Å². The highest BCUT2D eigenvalue weighted by atomic mass is 32.1. The summed E-state index contributed by atoms with van der Waals surface area (Å²) in [6, 6.07) is 6.00. The number of amides is 1. The summed E-state index contributed by atoms with van der Waals surface area (Å²) in [5.41, 5.74) is 0.995. The Morgan fingerprint density at radius 2 is 2.39 bits per heavy atom. The fourth-order valence-corrected chi connectivity index (χ4v) is 2.82. The van der Waals surface area contributed by atoms with E-state index in [2.05, 4.69) is 14.1 Å². The summed E-state index contributed by atoms with van der Waals surface area (Å²) in [6.07, 6.45) is 2.07. The second-order valence-corrected chi connectivity index (χ2v) is 5.68. The van der Waals surface area contributed by atoms with Gasteiger partial charge in [-0.2, -0.15) is 4.37 Å². The van der Waals surface area contributed by atoms with Crippen LogP contribution in [0.15, 0.2) is 24.3 Å². The average molecular weight is 337 g/mol. The van der Waals surface area contributed by atoms with E-state index < -0.39 is 0 Å². The topological polar surface area (TPSA) is 73.3 Å². The predicted octanol–water partition coefficient (Wildman–Crippen LogP) is 2.02. The Labute approximate surface area is 137 Å². The molecule has 1 aromatic heterocycles. The van der Waals surface area contributed by atoms with Crippen molar-refractivity contribution in [2.45, 2.75) is 18.9 Å². The third kappa shape index (κ3) is 4.23. The van der Waals surface area contributed by atoms with Crippen LogP contribution in [-0.2, 0) is 9.53 Å². The molecule has 8 heteroatoms. The molecule has 1 unspecified atom stereocenters. The number of rotatable bonds is 6. The summed E-state index contributed by atoms with van der Waals surface area (Å²) in [7, 11) is 0. The maximum absolute atomic E-state index is 13.3. The molecule has 2 heterocycles. The fraction of sp³-hybridized carbons (Fsp3) is 0.400. The lowest BCUT2D eigenvalue weighted by Crippen LogP contribution is -2.35. The monoisotopic (exact) mass is 337 g/mol. The van der Waals surface area contributed by atoms with Crippen LogP contribution in [0.2, 0.25) is 0 Å². The van der Waals surface area contributed by atoms with Crippen molar-refractivity contribution < 1.29 is 18.7 Å². The zero-order valence-electron chi connectivity index (χ0n) is 12.3. The Bertz CT molecular complexity index is 673. The summed E-state index contributed by atoms with van der Waals surface area (Å²) >= 11 is 0.953. The zero-order valence-corrected chi connectivity index (χ0v) is 13.1. The van der Waals surface area contributed by atoms with E-state index in [1.165, 1.54) is 12.1 Å². The molecule has 122 valence electrons. The van der Waals surface area contributed by atoms with E-state index in [0.29, 0.717) is 17.8 Å². The first kappa shape index (κ1) is 15.8. The number of nitrogens with one attached hydrogen (secondary N) is 1. The highest BCUT2D eigenvalue weighted by Gasteiger charge is 2.17. The molecule has 1 aromatic carbocycles. The van der Waals surface area contributed by atoms with Gasteiger partial charge in [-0.1, -0.05) is 12.1 Å². The minimum absolute atomic E-state index is 0.0859. The van der Waals surface area contributed by atoms with Crippen LogP contribution in [0, 0.1) is 5.82 Å². The van der Waals surface area contributed by atoms with Gasteiger partial charge in [0.15, 0.2) is 6.61 Å². The van der Waals surface area contributed by atoms with Crippen molar-refractivity contribution in [1.29, 1.82) is 0 Å². The standard InChI is InChI=1S/C15H16FN3O3S/c16-11-4-1-3-10(7-11)14-15(19-23-18-14)22-9-13(20)17-8-12-5-2-6-21-12/h1,3-4,7,12H,2,5-6,8-9H2,(H,17,20). The number of hydrogen-bond donors (Lipinski definition) is 1. The van der Waals surface area contributed by atoms with Gasteiger partial charge in [0.1, 0.15) is 11.5 Å². The summed E-state index contributed by atoms with van der Waals surface area (Å²) in [6.45, 7) is 1.06. The van der Waals surface area contributed by atoms with Crippen molar-refractivity contribution in [1.82, 2.24) is 14.1 Å². The van der Waals surface area contributed by atoms with E-state index in [-0.39, 0.29) is 30.3 Å². The Hall–Kier alpha value is -2.06. The molecule has 1 N–H and O–H groups in total. The van der Waals surface area contributed by atoms with Crippen LogP contribution in [0.3, 0.4) is 0 Å². The lowest BCUT2D eigenvalue weighted by Gasteiger charge is -2.11. The molecule has 0 aliphatic carbocycles. The van der Waals surface area contributed by atoms with Gasteiger partial charge in [0.2, 0.25) is 0 Å². The van der Waals surface area contributed by atoms with Crippen molar-refractivity contribution in [3.63, 3.8) is 0 Å². The summed E-state index contributed by atoms with van der Waals surface area (Å²) in [5, 5.41) is 2.76. The number of carbonyl (C=O) groups is 1. The molecule has 0 saturated carbocycles. The lowest BCUT2D eigenvalue weighted by atomic mass is 10.1. The fourth-order valence-electron chi connectivity index (χ4n) is 2.31. The number of halogens is 1. The number of carbonyl (C=O) groups excluding carboxylic acids is 1. The average Bonchev–Trinajstić information content (AvgIpc) is 3.22. The number of nitrogens with zero attached hydrogens (tertiary/aromatic N) is 2. The molecule has 1 fully saturated rings. The molecular weight excluding hydrogens is 321 g/mol. The number of benzene rings is 1. The first-order valence-electron chi connectivity index (χ1n) is 7.32. The van der Waals surface area contributed by atoms with Crippen molar-refractivity contribution in [2.24, 2.45) is 0 Å². The van der Waals surface area contributed by atoms with Crippen LogP contribution in [0.4, 0.5) is 4.39 Å². The van der Waals surface area contributed by atoms with Gasteiger partial charge in [0, 0.05) is 18.7 Å². The molecule has 1 aliphatic heterocycles. The van der Waals surface area contributed by atoms with Crippen LogP contribution in [0.25, 0.3) is 11.3 Å². The lowest BCUT2D eigenvalue weighted by molar-refractivity contribution is -0.123. The molecule has 3 rings (SSSR count). The van der Waals surface area contributed by atoms with E-state index in [0.717, 1.165) is 31.2 Å². The highest BCUT2D eigenvalue weighted by molar-refractivity contribution is 6.99. The van der Waals surface area contributed by atoms with Gasteiger partial charge in [-0.3, -0.25) is 4.79 Å². The minimum Gasteiger partial charge on any atom is -0.465 e. The first-order chi connectivity index (χ1) is 11.2. The normalized spacial score (nSPS) is 17.2. The van der Waals surface area contributed by atoms with Crippen molar-refractivity contribution >= 4 is 17.6 Å². The van der Waals surface area contributed by atoms with E-state index in [1.807, 2.05) is 0 Å². The second kappa shape index (κ2) is 7.47. The maximum atomic E-state index is 13.3. The number of ether oxygens (including phenoxy) is 2. The van der Waals surface area contributed by atoms with E-state index in [4.69, 9.17) is 9.47 Å². The van der Waals surface area contributed by atoms with Crippen molar-refractivity contribution in [3.05, 3.63) is 30.1 Å². The molecule has 1 atom stereocenters. The Morgan fingerprint density at radius 1 is 1.48 bits per heavy atom. The van der Waals surface area contributed by atoms with Crippen LogP contribution in [-0.4, -0.2) is 40.5 Å². The molecule has 1 amide bonds. The smallest absolute Gasteiger partial charge is 0.258 e. The quantitative estimate of drug-likeness (QED) is 0.873. The molecule has 1 aliphatic rings. The predicted molar refractivity (Wildman–Crippen MR) is 82.8 cm³/mol. The first-order valence-corrected chi connectivity index (χ1v) is 8.05. The van der Waals surface area contributed by atoms with Gasteiger partial charge in [0.05, 0.1) is 17.8 Å². The summed E-state index contributed by atoms with van der Waals surface area (Å²) in [5.74, 6) is -0.387. The van der Waals surface area contributed by atoms with Gasteiger partial charge in [-0.15, -0.1) is 4.37 Å². The van der Waals surface area contributed by atoms with E-state index >= 15 is 0 Å². The Morgan fingerprint density at radius 3 is 3.17 bits per heavy atom. The third-order valence-electron chi connectivity index (χ3n) is 3.45. The molecule has 6 nitrogen and oxygen atoms in total. The largest absolute Gasteiger partial charge is 0.465 e. The van der Waals surface area contributed by atoms with Gasteiger partial charge in [0.25, 0.3) is 11.8 Å². The van der Waals surface area contributed by atoms with Crippen LogP contribution < -0.4 is 10.1 Å². The van der Waals surface area contributed by atoms with Gasteiger partial charge < -0.3 is 14.8 Å². The van der Waals surface area contributed by atoms with Crippen molar-refractivity contribution in [2.75, 3.05) is 19.8 Å². The molecule has 1 saturated heterocycles. The summed E-state index contributed by atoms with van der Waals surface area (Å²) < 4.78 is 32.2. The molecule has 23 heavy (non-hydrogen) atoms. The maximum Gasteiger partial charge on any atom is 0.258 e.